The van der Waals surface area contributed by atoms with Crippen molar-refractivity contribution in [3.8, 4) is 11.5 Å². The van der Waals surface area contributed by atoms with Crippen molar-refractivity contribution in [2.75, 3.05) is 7.11 Å². The number of aromatic hydroxyl groups is 1. The lowest BCUT2D eigenvalue weighted by Gasteiger charge is -2.13. The van der Waals surface area contributed by atoms with Gasteiger partial charge in [0.1, 0.15) is 17.1 Å². The van der Waals surface area contributed by atoms with Crippen molar-refractivity contribution in [1.82, 2.24) is 0 Å². The zero-order valence-electron chi connectivity index (χ0n) is 12.3. The van der Waals surface area contributed by atoms with E-state index in [0.29, 0.717) is 11.3 Å². The Bertz CT molecular complexity index is 676. The number of hydrogen-bond donors (Lipinski definition) is 1. The molecule has 0 amide bonds. The molecule has 5 nitrogen and oxygen atoms in total. The molecule has 0 aliphatic rings. The van der Waals surface area contributed by atoms with Crippen LogP contribution in [0.15, 0.2) is 48.5 Å². The molecule has 1 N–H and O–H groups in total. The maximum atomic E-state index is 12.2. The van der Waals surface area contributed by atoms with Gasteiger partial charge in [0.2, 0.25) is 5.78 Å². The van der Waals surface area contributed by atoms with Gasteiger partial charge >= 0.3 is 5.97 Å². The minimum atomic E-state index is -0.958. The van der Waals surface area contributed by atoms with E-state index in [4.69, 9.17) is 9.47 Å². The maximum absolute atomic E-state index is 12.2. The lowest BCUT2D eigenvalue weighted by atomic mass is 10.1. The van der Waals surface area contributed by atoms with Crippen LogP contribution < -0.4 is 4.74 Å². The highest BCUT2D eigenvalue weighted by atomic mass is 16.5. The van der Waals surface area contributed by atoms with Crippen LogP contribution in [0.1, 0.15) is 27.6 Å². The van der Waals surface area contributed by atoms with E-state index in [0.717, 1.165) is 0 Å². The molecule has 0 aliphatic heterocycles. The fourth-order valence-corrected chi connectivity index (χ4v) is 1.91. The molecule has 0 heterocycles. The van der Waals surface area contributed by atoms with Crippen LogP contribution in [-0.4, -0.2) is 30.1 Å². The summed E-state index contributed by atoms with van der Waals surface area (Å²) in [5.41, 5.74) is 0.440. The van der Waals surface area contributed by atoms with Crippen LogP contribution in [0, 0.1) is 0 Å². The molecule has 2 aromatic rings. The number of ketones is 1. The van der Waals surface area contributed by atoms with Gasteiger partial charge in [-0.2, -0.15) is 0 Å². The van der Waals surface area contributed by atoms with Gasteiger partial charge in [0.15, 0.2) is 6.10 Å². The SMILES string of the molecule is COc1ccc(C(=O)[C@@H](C)OC(=O)c2ccccc2O)cc1. The summed E-state index contributed by atoms with van der Waals surface area (Å²) in [4.78, 5) is 24.2. The van der Waals surface area contributed by atoms with Crippen LogP contribution in [-0.2, 0) is 4.74 Å². The standard InChI is InChI=1S/C17H16O5/c1-11(16(19)12-7-9-13(21-2)10-8-12)22-17(20)14-5-3-4-6-15(14)18/h3-11,18H,1-2H3/t11-/m1/s1. The largest absolute Gasteiger partial charge is 0.507 e. The molecule has 0 saturated carbocycles. The monoisotopic (exact) mass is 300 g/mol. The fraction of sp³-hybridized carbons (Fsp3) is 0.176. The second-order valence-electron chi connectivity index (χ2n) is 4.66. The van der Waals surface area contributed by atoms with Gasteiger partial charge < -0.3 is 14.6 Å². The van der Waals surface area contributed by atoms with Crippen molar-refractivity contribution in [3.63, 3.8) is 0 Å². The Hall–Kier alpha value is -2.82. The van der Waals surface area contributed by atoms with E-state index in [-0.39, 0.29) is 17.1 Å². The third-order valence-electron chi connectivity index (χ3n) is 3.15. The predicted octanol–water partition coefficient (Wildman–Crippen LogP) is 2.83. The molecule has 114 valence electrons. The Morgan fingerprint density at radius 2 is 1.68 bits per heavy atom. The van der Waals surface area contributed by atoms with Gasteiger partial charge in [-0.15, -0.1) is 0 Å². The molecule has 0 spiro atoms. The van der Waals surface area contributed by atoms with Gasteiger partial charge in [-0.25, -0.2) is 4.79 Å². The first-order valence-electron chi connectivity index (χ1n) is 6.70. The topological polar surface area (TPSA) is 72.8 Å². The highest BCUT2D eigenvalue weighted by Gasteiger charge is 2.21. The average molecular weight is 300 g/mol. The number of phenols is 1. The van der Waals surface area contributed by atoms with Crippen molar-refractivity contribution in [2.45, 2.75) is 13.0 Å². The number of hydrogen-bond acceptors (Lipinski definition) is 5. The summed E-state index contributed by atoms with van der Waals surface area (Å²) in [7, 11) is 1.54. The van der Waals surface area contributed by atoms with Crippen LogP contribution in [0.5, 0.6) is 11.5 Å². The van der Waals surface area contributed by atoms with E-state index < -0.39 is 12.1 Å². The van der Waals surface area contributed by atoms with Gasteiger partial charge in [0.05, 0.1) is 7.11 Å². The number of ether oxygens (including phenoxy) is 2. The molecule has 0 aromatic heterocycles. The van der Waals surface area contributed by atoms with Gasteiger partial charge in [-0.1, -0.05) is 12.1 Å². The molecule has 0 bridgehead atoms. The zero-order valence-corrected chi connectivity index (χ0v) is 12.3. The Balaban J connectivity index is 2.07. The number of phenolic OH excluding ortho intramolecular Hbond substituents is 1. The maximum Gasteiger partial charge on any atom is 0.342 e. The summed E-state index contributed by atoms with van der Waals surface area (Å²) in [6, 6.07) is 12.5. The fourth-order valence-electron chi connectivity index (χ4n) is 1.91. The van der Waals surface area contributed by atoms with Crippen LogP contribution >= 0.6 is 0 Å². The first-order valence-corrected chi connectivity index (χ1v) is 6.70. The van der Waals surface area contributed by atoms with Crippen molar-refractivity contribution in [2.24, 2.45) is 0 Å². The Morgan fingerprint density at radius 1 is 1.05 bits per heavy atom. The summed E-state index contributed by atoms with van der Waals surface area (Å²) in [5.74, 6) is -0.620. The molecular weight excluding hydrogens is 284 g/mol. The first-order chi connectivity index (χ1) is 10.5. The minimum absolute atomic E-state index is 0.0249. The highest BCUT2D eigenvalue weighted by Crippen LogP contribution is 2.19. The van der Waals surface area contributed by atoms with Crippen LogP contribution in [0.4, 0.5) is 0 Å². The van der Waals surface area contributed by atoms with Crippen molar-refractivity contribution < 1.29 is 24.2 Å². The van der Waals surface area contributed by atoms with E-state index in [1.807, 2.05) is 0 Å². The average Bonchev–Trinajstić information content (AvgIpc) is 2.54. The first kappa shape index (κ1) is 15.6. The van der Waals surface area contributed by atoms with Gasteiger partial charge in [0, 0.05) is 5.56 Å². The van der Waals surface area contributed by atoms with Crippen LogP contribution in [0.3, 0.4) is 0 Å². The van der Waals surface area contributed by atoms with Crippen molar-refractivity contribution >= 4 is 11.8 Å². The highest BCUT2D eigenvalue weighted by molar-refractivity contribution is 6.01. The molecule has 2 aromatic carbocycles. The molecule has 5 heteroatoms. The van der Waals surface area contributed by atoms with E-state index >= 15 is 0 Å². The zero-order chi connectivity index (χ0) is 16.1. The molecule has 0 radical (unpaired) electrons. The predicted molar refractivity (Wildman–Crippen MR) is 80.3 cm³/mol. The third kappa shape index (κ3) is 3.44. The second kappa shape index (κ2) is 6.76. The normalized spacial score (nSPS) is 11.5. The number of rotatable bonds is 5. The number of esters is 1. The summed E-state index contributed by atoms with van der Waals surface area (Å²) >= 11 is 0. The molecule has 0 aliphatic carbocycles. The smallest absolute Gasteiger partial charge is 0.342 e. The van der Waals surface area contributed by atoms with Gasteiger partial charge in [0.25, 0.3) is 0 Å². The van der Waals surface area contributed by atoms with Gasteiger partial charge in [-0.3, -0.25) is 4.79 Å². The van der Waals surface area contributed by atoms with E-state index in [2.05, 4.69) is 0 Å². The number of methoxy groups -OCH3 is 1. The lowest BCUT2D eigenvalue weighted by molar-refractivity contribution is 0.0316. The number of Topliss-reactive ketones (excluding diaryl/α,β-unsaturated/α-hetero) is 1. The number of carbonyl (C=O) groups excluding carboxylic acids is 2. The molecule has 0 saturated heterocycles. The van der Waals surface area contributed by atoms with Crippen LogP contribution in [0.25, 0.3) is 0 Å². The number of para-hydroxylation sites is 1. The molecule has 0 unspecified atom stereocenters. The van der Waals surface area contributed by atoms with Gasteiger partial charge in [-0.05, 0) is 43.3 Å². The summed E-state index contributed by atoms with van der Waals surface area (Å²) in [6.07, 6.45) is -0.958. The Kier molecular flexibility index (Phi) is 4.78. The molecule has 2 rings (SSSR count). The van der Waals surface area contributed by atoms with E-state index in [9.17, 15) is 14.7 Å². The Morgan fingerprint density at radius 3 is 2.27 bits per heavy atom. The molecule has 0 fully saturated rings. The summed E-state index contributed by atoms with van der Waals surface area (Å²) < 4.78 is 10.1. The molecule has 22 heavy (non-hydrogen) atoms. The number of benzene rings is 2. The van der Waals surface area contributed by atoms with Crippen molar-refractivity contribution in [1.29, 1.82) is 0 Å². The third-order valence-corrected chi connectivity index (χ3v) is 3.15. The van der Waals surface area contributed by atoms with E-state index in [1.165, 1.54) is 26.2 Å². The quantitative estimate of drug-likeness (QED) is 0.679. The van der Waals surface area contributed by atoms with Crippen LogP contribution in [0.2, 0.25) is 0 Å². The molecular formula is C17H16O5. The minimum Gasteiger partial charge on any atom is -0.507 e. The molecule has 1 atom stereocenters. The lowest BCUT2D eigenvalue weighted by Crippen LogP contribution is -2.24. The second-order valence-corrected chi connectivity index (χ2v) is 4.66. The summed E-state index contributed by atoms with van der Waals surface area (Å²) in [5, 5.41) is 9.61. The van der Waals surface area contributed by atoms with Crippen molar-refractivity contribution in [3.05, 3.63) is 59.7 Å². The Labute approximate surface area is 128 Å². The van der Waals surface area contributed by atoms with E-state index in [1.54, 1.807) is 36.4 Å². The number of carbonyl (C=O) groups is 2. The summed E-state index contributed by atoms with van der Waals surface area (Å²) in [6.45, 7) is 1.49.